The van der Waals surface area contributed by atoms with Crippen LogP contribution in [-0.4, -0.2) is 23.6 Å². The molecule has 0 fully saturated rings. The van der Waals surface area contributed by atoms with Gasteiger partial charge in [0.25, 0.3) is 0 Å². The molecule has 0 radical (unpaired) electrons. The number of nitrogens with zero attached hydrogens (tertiary/aromatic N) is 2. The number of anilines is 1. The molecule has 4 nitrogen and oxygen atoms in total. The second-order valence-corrected chi connectivity index (χ2v) is 4.47. The largest absolute Gasteiger partial charge is 0.491 e. The summed E-state index contributed by atoms with van der Waals surface area (Å²) in [5.74, 6) is 1.37. The molecule has 0 bridgehead atoms. The van der Waals surface area contributed by atoms with Gasteiger partial charge < -0.3 is 10.1 Å². The van der Waals surface area contributed by atoms with Gasteiger partial charge >= 0.3 is 0 Å². The van der Waals surface area contributed by atoms with Crippen LogP contribution in [0.25, 0.3) is 11.3 Å². The van der Waals surface area contributed by atoms with Crippen LogP contribution in [0.5, 0.6) is 5.75 Å². The maximum atomic E-state index is 5.43. The summed E-state index contributed by atoms with van der Waals surface area (Å²) in [6, 6.07) is 7.90. The van der Waals surface area contributed by atoms with Crippen LogP contribution >= 0.6 is 15.9 Å². The van der Waals surface area contributed by atoms with Gasteiger partial charge in [-0.2, -0.15) is 0 Å². The summed E-state index contributed by atoms with van der Waals surface area (Å²) in [6.45, 7) is 2.79. The molecule has 0 amide bonds. The third-order valence-corrected chi connectivity index (χ3v) is 3.17. The summed E-state index contributed by atoms with van der Waals surface area (Å²) in [7, 11) is 1.62. The Morgan fingerprint density at radius 2 is 2.06 bits per heavy atom. The van der Waals surface area contributed by atoms with Crippen LogP contribution in [0, 0.1) is 0 Å². The Labute approximate surface area is 115 Å². The van der Waals surface area contributed by atoms with Crippen molar-refractivity contribution in [3.63, 3.8) is 0 Å². The van der Waals surface area contributed by atoms with E-state index in [9.17, 15) is 0 Å². The second-order valence-electron chi connectivity index (χ2n) is 3.61. The zero-order valence-corrected chi connectivity index (χ0v) is 11.9. The van der Waals surface area contributed by atoms with E-state index < -0.39 is 0 Å². The normalized spacial score (nSPS) is 10.2. The van der Waals surface area contributed by atoms with Gasteiger partial charge in [-0.1, -0.05) is 34.1 Å². The van der Waals surface area contributed by atoms with Crippen LogP contribution < -0.4 is 10.1 Å². The van der Waals surface area contributed by atoms with Gasteiger partial charge in [-0.05, 0) is 13.0 Å². The molecule has 2 aromatic rings. The highest BCUT2D eigenvalue weighted by Crippen LogP contribution is 2.36. The molecule has 1 aromatic carbocycles. The van der Waals surface area contributed by atoms with Crippen molar-refractivity contribution in [2.75, 3.05) is 19.0 Å². The molecule has 5 heteroatoms. The van der Waals surface area contributed by atoms with Gasteiger partial charge in [-0.15, -0.1) is 0 Å². The van der Waals surface area contributed by atoms with E-state index in [-0.39, 0.29) is 0 Å². The zero-order chi connectivity index (χ0) is 13.0. The Kier molecular flexibility index (Phi) is 4.15. The van der Waals surface area contributed by atoms with Gasteiger partial charge in [-0.25, -0.2) is 9.97 Å². The Balaban J connectivity index is 2.57. The molecule has 0 aliphatic rings. The number of halogens is 1. The van der Waals surface area contributed by atoms with E-state index >= 15 is 0 Å². The van der Waals surface area contributed by atoms with E-state index in [0.29, 0.717) is 11.6 Å². The first-order valence-corrected chi connectivity index (χ1v) is 6.45. The number of nitrogens with one attached hydrogen (secondary N) is 1. The molecule has 0 unspecified atom stereocenters. The van der Waals surface area contributed by atoms with Crippen molar-refractivity contribution in [2.45, 2.75) is 6.92 Å². The summed E-state index contributed by atoms with van der Waals surface area (Å²) >= 11 is 3.52. The maximum Gasteiger partial charge on any atom is 0.187 e. The van der Waals surface area contributed by atoms with E-state index in [0.717, 1.165) is 22.3 Å². The third kappa shape index (κ3) is 2.46. The quantitative estimate of drug-likeness (QED) is 0.941. The predicted octanol–water partition coefficient (Wildman–Crippen LogP) is 3.35. The SMILES string of the molecule is CCNc1ncnc(-c2ccccc2Br)c1OC. The topological polar surface area (TPSA) is 47.0 Å². The van der Waals surface area contributed by atoms with E-state index in [1.807, 2.05) is 31.2 Å². The number of rotatable bonds is 4. The molecule has 18 heavy (non-hydrogen) atoms. The lowest BCUT2D eigenvalue weighted by molar-refractivity contribution is 0.414. The molecule has 0 atom stereocenters. The predicted molar refractivity (Wildman–Crippen MR) is 75.9 cm³/mol. The van der Waals surface area contributed by atoms with Crippen LogP contribution in [0.3, 0.4) is 0 Å². The van der Waals surface area contributed by atoms with Gasteiger partial charge in [0.1, 0.15) is 12.0 Å². The van der Waals surface area contributed by atoms with Crippen LogP contribution in [0.15, 0.2) is 35.1 Å². The van der Waals surface area contributed by atoms with E-state index in [4.69, 9.17) is 4.74 Å². The minimum atomic E-state index is 0.659. The lowest BCUT2D eigenvalue weighted by Gasteiger charge is -2.13. The van der Waals surface area contributed by atoms with Crippen molar-refractivity contribution in [3.05, 3.63) is 35.1 Å². The van der Waals surface area contributed by atoms with Crippen molar-refractivity contribution < 1.29 is 4.74 Å². The van der Waals surface area contributed by atoms with Crippen molar-refractivity contribution in [3.8, 4) is 17.0 Å². The number of benzene rings is 1. The first-order chi connectivity index (χ1) is 8.77. The fourth-order valence-electron chi connectivity index (χ4n) is 1.71. The van der Waals surface area contributed by atoms with Crippen LogP contribution in [0.1, 0.15) is 6.92 Å². The Hall–Kier alpha value is -1.62. The summed E-state index contributed by atoms with van der Waals surface area (Å²) < 4.78 is 6.41. The first kappa shape index (κ1) is 12.8. The highest BCUT2D eigenvalue weighted by molar-refractivity contribution is 9.10. The smallest absolute Gasteiger partial charge is 0.187 e. The number of ether oxygens (including phenoxy) is 1. The second kappa shape index (κ2) is 5.82. The molecule has 1 N–H and O–H groups in total. The van der Waals surface area contributed by atoms with E-state index in [2.05, 4.69) is 31.2 Å². The van der Waals surface area contributed by atoms with Crippen LogP contribution in [-0.2, 0) is 0 Å². The molecule has 0 aliphatic heterocycles. The maximum absolute atomic E-state index is 5.43. The molecule has 94 valence electrons. The fraction of sp³-hybridized carbons (Fsp3) is 0.231. The van der Waals surface area contributed by atoms with Crippen molar-refractivity contribution in [1.29, 1.82) is 0 Å². The fourth-order valence-corrected chi connectivity index (χ4v) is 2.18. The standard InChI is InChI=1S/C13H14BrN3O/c1-3-15-13-12(18-2)11(16-8-17-13)9-6-4-5-7-10(9)14/h4-8H,3H2,1-2H3,(H,15,16,17). The molecule has 1 heterocycles. The highest BCUT2D eigenvalue weighted by Gasteiger charge is 2.14. The van der Waals surface area contributed by atoms with Crippen LogP contribution in [0.2, 0.25) is 0 Å². The lowest BCUT2D eigenvalue weighted by atomic mass is 10.1. The molecule has 0 aliphatic carbocycles. The summed E-state index contributed by atoms with van der Waals surface area (Å²) in [5.41, 5.74) is 1.76. The third-order valence-electron chi connectivity index (χ3n) is 2.48. The molecule has 0 spiro atoms. The van der Waals surface area contributed by atoms with Crippen molar-refractivity contribution >= 4 is 21.7 Å². The van der Waals surface area contributed by atoms with Gasteiger partial charge in [0, 0.05) is 16.6 Å². The Bertz CT molecular complexity index is 546. The average Bonchev–Trinajstić information content (AvgIpc) is 2.39. The van der Waals surface area contributed by atoms with Gasteiger partial charge in [-0.3, -0.25) is 0 Å². The number of hydrogen-bond donors (Lipinski definition) is 1. The number of aromatic nitrogens is 2. The number of hydrogen-bond acceptors (Lipinski definition) is 4. The minimum absolute atomic E-state index is 0.659. The monoisotopic (exact) mass is 307 g/mol. The average molecular weight is 308 g/mol. The molecule has 1 aromatic heterocycles. The van der Waals surface area contributed by atoms with E-state index in [1.165, 1.54) is 6.33 Å². The molecule has 2 rings (SSSR count). The van der Waals surface area contributed by atoms with Gasteiger partial charge in [0.15, 0.2) is 11.6 Å². The zero-order valence-electron chi connectivity index (χ0n) is 10.3. The van der Waals surface area contributed by atoms with Gasteiger partial charge in [0.05, 0.1) is 7.11 Å². The molecular formula is C13H14BrN3O. The summed E-state index contributed by atoms with van der Waals surface area (Å²) in [6.07, 6.45) is 1.54. The highest BCUT2D eigenvalue weighted by atomic mass is 79.9. The minimum Gasteiger partial charge on any atom is -0.491 e. The van der Waals surface area contributed by atoms with Crippen molar-refractivity contribution in [2.24, 2.45) is 0 Å². The van der Waals surface area contributed by atoms with Gasteiger partial charge in [0.2, 0.25) is 0 Å². The summed E-state index contributed by atoms with van der Waals surface area (Å²) in [4.78, 5) is 8.51. The Morgan fingerprint density at radius 3 is 2.72 bits per heavy atom. The van der Waals surface area contributed by atoms with Crippen LogP contribution in [0.4, 0.5) is 5.82 Å². The molecule has 0 saturated heterocycles. The molecular weight excluding hydrogens is 294 g/mol. The molecule has 0 saturated carbocycles. The van der Waals surface area contributed by atoms with Crippen molar-refractivity contribution in [1.82, 2.24) is 9.97 Å². The lowest BCUT2D eigenvalue weighted by Crippen LogP contribution is -2.04. The Morgan fingerprint density at radius 1 is 1.28 bits per heavy atom. The first-order valence-electron chi connectivity index (χ1n) is 5.65. The summed E-state index contributed by atoms with van der Waals surface area (Å²) in [5, 5.41) is 3.17. The van der Waals surface area contributed by atoms with E-state index in [1.54, 1.807) is 7.11 Å². The number of methoxy groups -OCH3 is 1.